The average molecular weight is 473 g/mol. The lowest BCUT2D eigenvalue weighted by Gasteiger charge is -2.24. The maximum Gasteiger partial charge on any atom is 0.222 e. The molecule has 3 aromatic rings. The minimum atomic E-state index is 0.219. The van der Waals surface area contributed by atoms with E-state index in [9.17, 15) is 4.79 Å². The van der Waals surface area contributed by atoms with Crippen LogP contribution < -0.4 is 9.47 Å². The van der Waals surface area contributed by atoms with Crippen molar-refractivity contribution in [2.24, 2.45) is 5.92 Å². The highest BCUT2D eigenvalue weighted by Gasteiger charge is 2.20. The topological polar surface area (TPSA) is 51.7 Å². The number of rotatable bonds is 12. The molecule has 5 heteroatoms. The molecule has 1 heterocycles. The van der Waals surface area contributed by atoms with Gasteiger partial charge in [0.2, 0.25) is 5.91 Å². The summed E-state index contributed by atoms with van der Waals surface area (Å²) in [7, 11) is 1.65. The number of carbonyl (C=O) groups excluding carboxylic acids is 1. The largest absolute Gasteiger partial charge is 0.493 e. The Balaban J connectivity index is 1.42. The summed E-state index contributed by atoms with van der Waals surface area (Å²) in [5.74, 6) is 2.31. The second-order valence-electron chi connectivity index (χ2n) is 9.34. The molecule has 35 heavy (non-hydrogen) atoms. The maximum atomic E-state index is 13.3. The number of ether oxygens (including phenoxy) is 2. The molecular formula is C30H36N2O3. The number of methoxy groups -OCH3 is 1. The fourth-order valence-corrected chi connectivity index (χ4v) is 4.76. The number of pyridine rings is 1. The molecule has 1 aliphatic rings. The first kappa shape index (κ1) is 24.8. The summed E-state index contributed by atoms with van der Waals surface area (Å²) in [6.45, 7) is 1.67. The predicted octanol–water partition coefficient (Wildman–Crippen LogP) is 6.21. The Kier molecular flexibility index (Phi) is 9.16. The third-order valence-electron chi connectivity index (χ3n) is 6.80. The lowest BCUT2D eigenvalue weighted by atomic mass is 10.0. The van der Waals surface area contributed by atoms with Gasteiger partial charge >= 0.3 is 0 Å². The van der Waals surface area contributed by atoms with E-state index in [1.807, 2.05) is 71.6 Å². The Morgan fingerprint density at radius 1 is 0.971 bits per heavy atom. The van der Waals surface area contributed by atoms with Gasteiger partial charge in [0.25, 0.3) is 0 Å². The van der Waals surface area contributed by atoms with Gasteiger partial charge in [0.15, 0.2) is 11.5 Å². The molecule has 1 fully saturated rings. The zero-order valence-corrected chi connectivity index (χ0v) is 20.7. The molecule has 0 spiro atoms. The molecule has 1 aliphatic carbocycles. The highest BCUT2D eigenvalue weighted by molar-refractivity contribution is 5.76. The number of carbonyl (C=O) groups is 1. The first-order valence-electron chi connectivity index (χ1n) is 12.7. The van der Waals surface area contributed by atoms with Gasteiger partial charge in [-0.2, -0.15) is 0 Å². The molecule has 0 unspecified atom stereocenters. The summed E-state index contributed by atoms with van der Waals surface area (Å²) in [5.41, 5.74) is 3.14. The maximum absolute atomic E-state index is 13.3. The average Bonchev–Trinajstić information content (AvgIpc) is 3.43. The van der Waals surface area contributed by atoms with Crippen molar-refractivity contribution in [2.75, 3.05) is 13.7 Å². The Hall–Kier alpha value is -3.34. The summed E-state index contributed by atoms with van der Waals surface area (Å²) in [6.07, 6.45) is 9.30. The lowest BCUT2D eigenvalue weighted by molar-refractivity contribution is -0.132. The van der Waals surface area contributed by atoms with E-state index in [1.54, 1.807) is 13.3 Å². The van der Waals surface area contributed by atoms with Gasteiger partial charge in [-0.3, -0.25) is 9.78 Å². The van der Waals surface area contributed by atoms with Crippen molar-refractivity contribution in [1.29, 1.82) is 0 Å². The predicted molar refractivity (Wildman–Crippen MR) is 138 cm³/mol. The molecule has 0 N–H and O–H groups in total. The van der Waals surface area contributed by atoms with Gasteiger partial charge < -0.3 is 14.4 Å². The number of benzene rings is 2. The van der Waals surface area contributed by atoms with E-state index in [0.717, 1.165) is 29.7 Å². The molecule has 1 saturated carbocycles. The fourth-order valence-electron chi connectivity index (χ4n) is 4.76. The van der Waals surface area contributed by atoms with E-state index in [0.29, 0.717) is 43.5 Å². The number of hydrogen-bond acceptors (Lipinski definition) is 4. The summed E-state index contributed by atoms with van der Waals surface area (Å²) in [4.78, 5) is 19.7. The molecule has 0 bridgehead atoms. The number of hydrogen-bond donors (Lipinski definition) is 0. The van der Waals surface area contributed by atoms with Gasteiger partial charge in [-0.1, -0.05) is 68.1 Å². The van der Waals surface area contributed by atoms with Crippen LogP contribution in [0.15, 0.2) is 72.9 Å². The van der Waals surface area contributed by atoms with Gasteiger partial charge in [0.05, 0.1) is 7.11 Å². The van der Waals surface area contributed by atoms with Crippen molar-refractivity contribution in [3.05, 3.63) is 89.7 Å². The molecule has 5 nitrogen and oxygen atoms in total. The van der Waals surface area contributed by atoms with Gasteiger partial charge in [-0.25, -0.2) is 0 Å². The quantitative estimate of drug-likeness (QED) is 0.314. The normalized spacial score (nSPS) is 13.5. The number of amides is 1. The van der Waals surface area contributed by atoms with Crippen molar-refractivity contribution >= 4 is 5.91 Å². The third kappa shape index (κ3) is 7.57. The zero-order valence-electron chi connectivity index (χ0n) is 20.7. The summed E-state index contributed by atoms with van der Waals surface area (Å²) < 4.78 is 11.6. The highest BCUT2D eigenvalue weighted by atomic mass is 16.5. The van der Waals surface area contributed by atoms with Gasteiger partial charge in [0, 0.05) is 37.8 Å². The monoisotopic (exact) mass is 472 g/mol. The molecule has 4 rings (SSSR count). The van der Waals surface area contributed by atoms with Crippen molar-refractivity contribution in [3.63, 3.8) is 0 Å². The fraction of sp³-hybridized carbons (Fsp3) is 0.400. The van der Waals surface area contributed by atoms with Crippen LogP contribution in [0.1, 0.15) is 55.3 Å². The standard InChI is InChI=1S/C30H36N2O3/c1-34-29-21-26(14-16-28(29)35-23-25-11-3-2-4-12-25)22-32(20-18-27-13-7-8-19-31-27)30(33)17-15-24-9-5-6-10-24/h2-4,7-8,11-14,16,19,21,24H,5-6,9-10,15,17-18,20,22-23H2,1H3. The summed E-state index contributed by atoms with van der Waals surface area (Å²) in [6, 6.07) is 22.0. The Bertz CT molecular complexity index is 1050. The van der Waals surface area contributed by atoms with Crippen LogP contribution in [0.2, 0.25) is 0 Å². The van der Waals surface area contributed by atoms with E-state index in [2.05, 4.69) is 4.98 Å². The minimum absolute atomic E-state index is 0.219. The Morgan fingerprint density at radius 3 is 2.51 bits per heavy atom. The Morgan fingerprint density at radius 2 is 1.77 bits per heavy atom. The van der Waals surface area contributed by atoms with E-state index >= 15 is 0 Å². The molecule has 1 aromatic heterocycles. The van der Waals surface area contributed by atoms with Crippen LogP contribution >= 0.6 is 0 Å². The van der Waals surface area contributed by atoms with Crippen molar-refractivity contribution in [3.8, 4) is 11.5 Å². The van der Waals surface area contributed by atoms with Crippen LogP contribution in [-0.2, 0) is 24.4 Å². The van der Waals surface area contributed by atoms with Crippen LogP contribution in [-0.4, -0.2) is 29.4 Å². The number of nitrogens with zero attached hydrogens (tertiary/aromatic N) is 2. The molecule has 0 radical (unpaired) electrons. The van der Waals surface area contributed by atoms with Crippen LogP contribution in [0.4, 0.5) is 0 Å². The summed E-state index contributed by atoms with van der Waals surface area (Å²) in [5, 5.41) is 0. The van der Waals surface area contributed by atoms with E-state index in [4.69, 9.17) is 9.47 Å². The van der Waals surface area contributed by atoms with Crippen LogP contribution in [0.3, 0.4) is 0 Å². The molecule has 0 aliphatic heterocycles. The highest BCUT2D eigenvalue weighted by Crippen LogP contribution is 2.31. The van der Waals surface area contributed by atoms with Crippen molar-refractivity contribution < 1.29 is 14.3 Å². The molecule has 1 amide bonds. The summed E-state index contributed by atoms with van der Waals surface area (Å²) >= 11 is 0. The van der Waals surface area contributed by atoms with Gasteiger partial charge in [-0.05, 0) is 47.7 Å². The van der Waals surface area contributed by atoms with Crippen LogP contribution in [0, 0.1) is 5.92 Å². The Labute approximate surface area is 209 Å². The molecule has 184 valence electrons. The molecular weight excluding hydrogens is 436 g/mol. The van der Waals surface area contributed by atoms with Crippen LogP contribution in [0.25, 0.3) is 0 Å². The molecule has 0 atom stereocenters. The third-order valence-corrected chi connectivity index (χ3v) is 6.80. The van der Waals surface area contributed by atoms with E-state index in [1.165, 1.54) is 25.7 Å². The SMILES string of the molecule is COc1cc(CN(CCc2ccccn2)C(=O)CCC2CCCC2)ccc1OCc1ccccc1. The number of aromatic nitrogens is 1. The van der Waals surface area contributed by atoms with Crippen molar-refractivity contribution in [1.82, 2.24) is 9.88 Å². The molecule has 2 aromatic carbocycles. The van der Waals surface area contributed by atoms with Gasteiger partial charge in [-0.15, -0.1) is 0 Å². The van der Waals surface area contributed by atoms with Crippen molar-refractivity contribution in [2.45, 2.75) is 58.1 Å². The minimum Gasteiger partial charge on any atom is -0.493 e. The second-order valence-corrected chi connectivity index (χ2v) is 9.34. The second kappa shape index (κ2) is 12.9. The van der Waals surface area contributed by atoms with E-state index < -0.39 is 0 Å². The lowest BCUT2D eigenvalue weighted by Crippen LogP contribution is -2.32. The zero-order chi connectivity index (χ0) is 24.3. The van der Waals surface area contributed by atoms with Gasteiger partial charge in [0.1, 0.15) is 6.61 Å². The first-order valence-corrected chi connectivity index (χ1v) is 12.7. The smallest absolute Gasteiger partial charge is 0.222 e. The van der Waals surface area contributed by atoms with Crippen LogP contribution in [0.5, 0.6) is 11.5 Å². The first-order chi connectivity index (χ1) is 17.2. The van der Waals surface area contributed by atoms with E-state index in [-0.39, 0.29) is 5.91 Å². The molecule has 0 saturated heterocycles.